The molecule has 0 radical (unpaired) electrons. The average Bonchev–Trinajstić information content (AvgIpc) is 2.47. The maximum Gasteiger partial charge on any atom is 0.347 e. The zero-order valence-corrected chi connectivity index (χ0v) is 9.38. The molecule has 0 saturated heterocycles. The summed E-state index contributed by atoms with van der Waals surface area (Å²) in [4.78, 5) is 25.8. The monoisotopic (exact) mass is 229 g/mol. The van der Waals surface area contributed by atoms with E-state index >= 15 is 0 Å². The lowest BCUT2D eigenvalue weighted by Crippen LogP contribution is -2.28. The Kier molecular flexibility index (Phi) is 2.81. The molecule has 0 aromatic carbocycles. The topological polar surface area (TPSA) is 87.5 Å². The molecule has 0 atom stereocenters. The number of aliphatic carboxylic acids is 1. The van der Waals surface area contributed by atoms with E-state index in [0.29, 0.717) is 10.7 Å². The molecular weight excluding hydrogens is 218 g/mol. The number of rotatable bonds is 3. The van der Waals surface area contributed by atoms with E-state index in [9.17, 15) is 9.59 Å². The number of aryl methyl sites for hydroxylation is 1. The van der Waals surface area contributed by atoms with Crippen LogP contribution >= 0.6 is 11.3 Å². The molecule has 15 heavy (non-hydrogen) atoms. The first-order chi connectivity index (χ1) is 6.76. The highest BCUT2D eigenvalue weighted by Gasteiger charge is 2.34. The highest BCUT2D eigenvalue weighted by Crippen LogP contribution is 2.29. The van der Waals surface area contributed by atoms with Crippen molar-refractivity contribution in [2.24, 2.45) is 0 Å². The van der Waals surface area contributed by atoms with Gasteiger partial charge in [-0.1, -0.05) is 0 Å². The van der Waals surface area contributed by atoms with Gasteiger partial charge in [0.25, 0.3) is 0 Å². The molecule has 0 amide bonds. The zero-order chi connectivity index (χ0) is 11.8. The van der Waals surface area contributed by atoms with E-state index in [-0.39, 0.29) is 4.88 Å². The number of carboxylic acid groups (broad SMARTS) is 2. The molecule has 5 nitrogen and oxygen atoms in total. The van der Waals surface area contributed by atoms with Gasteiger partial charge in [0.2, 0.25) is 0 Å². The van der Waals surface area contributed by atoms with Gasteiger partial charge in [-0.25, -0.2) is 9.78 Å². The van der Waals surface area contributed by atoms with Crippen molar-refractivity contribution in [1.29, 1.82) is 0 Å². The van der Waals surface area contributed by atoms with Crippen molar-refractivity contribution in [2.75, 3.05) is 0 Å². The molecule has 2 N–H and O–H groups in total. The fourth-order valence-electron chi connectivity index (χ4n) is 0.954. The van der Waals surface area contributed by atoms with E-state index in [4.69, 9.17) is 10.2 Å². The van der Waals surface area contributed by atoms with E-state index in [1.54, 1.807) is 6.92 Å². The van der Waals surface area contributed by atoms with Gasteiger partial charge in [0.05, 0.1) is 5.69 Å². The van der Waals surface area contributed by atoms with Crippen LogP contribution in [0.2, 0.25) is 0 Å². The van der Waals surface area contributed by atoms with Crippen LogP contribution in [0, 0.1) is 6.92 Å². The SMILES string of the molecule is Cc1nc(C(C)(C)C(=O)O)sc1C(=O)O. The van der Waals surface area contributed by atoms with Gasteiger partial charge in [0.1, 0.15) is 15.3 Å². The Balaban J connectivity index is 3.24. The summed E-state index contributed by atoms with van der Waals surface area (Å²) in [6.07, 6.45) is 0. The molecule has 0 aliphatic rings. The van der Waals surface area contributed by atoms with Crippen molar-refractivity contribution >= 4 is 23.3 Å². The number of thiazole rings is 1. The van der Waals surface area contributed by atoms with Crippen LogP contribution in [0.3, 0.4) is 0 Å². The number of nitrogens with zero attached hydrogens (tertiary/aromatic N) is 1. The van der Waals surface area contributed by atoms with Gasteiger partial charge < -0.3 is 10.2 Å². The number of carbonyl (C=O) groups is 2. The minimum Gasteiger partial charge on any atom is -0.481 e. The van der Waals surface area contributed by atoms with Gasteiger partial charge in [-0.05, 0) is 20.8 Å². The summed E-state index contributed by atoms with van der Waals surface area (Å²) in [5, 5.41) is 18.1. The minimum absolute atomic E-state index is 0.0966. The normalized spacial score (nSPS) is 11.4. The molecule has 1 aromatic rings. The Morgan fingerprint density at radius 1 is 1.33 bits per heavy atom. The molecule has 0 saturated carbocycles. The molecular formula is C9H11NO4S. The van der Waals surface area contributed by atoms with E-state index < -0.39 is 17.4 Å². The highest BCUT2D eigenvalue weighted by atomic mass is 32.1. The standard InChI is InChI=1S/C9H11NO4S/c1-4-5(6(11)12)15-7(10-4)9(2,3)8(13)14/h1-3H3,(H,11,12)(H,13,14). The third-order valence-electron chi connectivity index (χ3n) is 2.06. The molecule has 6 heteroatoms. The third kappa shape index (κ3) is 1.99. The summed E-state index contributed by atoms with van der Waals surface area (Å²) in [6.45, 7) is 4.56. The quantitative estimate of drug-likeness (QED) is 0.820. The van der Waals surface area contributed by atoms with Crippen LogP contribution in [0.5, 0.6) is 0 Å². The van der Waals surface area contributed by atoms with Crippen LogP contribution in [0.25, 0.3) is 0 Å². The van der Waals surface area contributed by atoms with Gasteiger partial charge in [-0.2, -0.15) is 0 Å². The van der Waals surface area contributed by atoms with Crippen LogP contribution in [0.4, 0.5) is 0 Å². The van der Waals surface area contributed by atoms with Crippen LogP contribution in [0.15, 0.2) is 0 Å². The van der Waals surface area contributed by atoms with Crippen molar-refractivity contribution in [3.8, 4) is 0 Å². The lowest BCUT2D eigenvalue weighted by Gasteiger charge is -2.14. The van der Waals surface area contributed by atoms with Crippen molar-refractivity contribution in [2.45, 2.75) is 26.2 Å². The Morgan fingerprint density at radius 3 is 2.20 bits per heavy atom. The van der Waals surface area contributed by atoms with E-state index in [0.717, 1.165) is 11.3 Å². The number of carboxylic acids is 2. The van der Waals surface area contributed by atoms with Crippen LogP contribution in [0.1, 0.15) is 34.2 Å². The first-order valence-corrected chi connectivity index (χ1v) is 5.03. The first-order valence-electron chi connectivity index (χ1n) is 4.21. The number of aromatic nitrogens is 1. The molecule has 82 valence electrons. The average molecular weight is 229 g/mol. The van der Waals surface area contributed by atoms with Gasteiger partial charge in [0, 0.05) is 0 Å². The molecule has 1 rings (SSSR count). The summed E-state index contributed by atoms with van der Waals surface area (Å²) in [7, 11) is 0. The number of aromatic carboxylic acids is 1. The largest absolute Gasteiger partial charge is 0.481 e. The van der Waals surface area contributed by atoms with E-state index in [1.165, 1.54) is 13.8 Å². The predicted molar refractivity (Wildman–Crippen MR) is 54.5 cm³/mol. The Bertz CT molecular complexity index is 422. The lowest BCUT2D eigenvalue weighted by molar-refractivity contribution is -0.142. The van der Waals surface area contributed by atoms with Gasteiger partial charge in [-0.15, -0.1) is 11.3 Å². The Hall–Kier alpha value is -1.43. The third-order valence-corrected chi connectivity index (χ3v) is 3.53. The molecule has 1 heterocycles. The minimum atomic E-state index is -1.15. The van der Waals surface area contributed by atoms with Crippen LogP contribution < -0.4 is 0 Å². The fraction of sp³-hybridized carbons (Fsp3) is 0.444. The van der Waals surface area contributed by atoms with Crippen LogP contribution in [-0.4, -0.2) is 27.1 Å². The predicted octanol–water partition coefficient (Wildman–Crippen LogP) is 1.51. The summed E-state index contributed by atoms with van der Waals surface area (Å²) >= 11 is 0.911. The molecule has 0 aliphatic carbocycles. The summed E-state index contributed by atoms with van der Waals surface area (Å²) in [6, 6.07) is 0. The Morgan fingerprint density at radius 2 is 1.87 bits per heavy atom. The molecule has 0 unspecified atom stereocenters. The van der Waals surface area contributed by atoms with Gasteiger partial charge >= 0.3 is 11.9 Å². The number of hydrogen-bond donors (Lipinski definition) is 2. The molecule has 0 fully saturated rings. The second-order valence-corrected chi connectivity index (χ2v) is 4.67. The van der Waals surface area contributed by atoms with E-state index in [1.807, 2.05) is 0 Å². The van der Waals surface area contributed by atoms with Gasteiger partial charge in [-0.3, -0.25) is 4.79 Å². The summed E-state index contributed by atoms with van der Waals surface area (Å²) in [5.41, 5.74) is -0.792. The second-order valence-electron chi connectivity index (χ2n) is 3.67. The second kappa shape index (κ2) is 3.62. The summed E-state index contributed by atoms with van der Waals surface area (Å²) in [5.74, 6) is -2.09. The van der Waals surface area contributed by atoms with Gasteiger partial charge in [0.15, 0.2) is 0 Å². The number of hydrogen-bond acceptors (Lipinski definition) is 4. The highest BCUT2D eigenvalue weighted by molar-refractivity contribution is 7.14. The lowest BCUT2D eigenvalue weighted by atomic mass is 9.95. The molecule has 0 aliphatic heterocycles. The van der Waals surface area contributed by atoms with Crippen molar-refractivity contribution in [1.82, 2.24) is 4.98 Å². The molecule has 0 spiro atoms. The zero-order valence-electron chi connectivity index (χ0n) is 8.57. The summed E-state index contributed by atoms with van der Waals surface area (Å²) < 4.78 is 0. The first kappa shape index (κ1) is 11.6. The van der Waals surface area contributed by atoms with Crippen molar-refractivity contribution in [3.63, 3.8) is 0 Å². The van der Waals surface area contributed by atoms with Crippen LogP contribution in [-0.2, 0) is 10.2 Å². The fourth-order valence-corrected chi connectivity index (χ4v) is 1.95. The molecule has 0 bridgehead atoms. The smallest absolute Gasteiger partial charge is 0.347 e. The maximum atomic E-state index is 10.9. The maximum absolute atomic E-state index is 10.9. The van der Waals surface area contributed by atoms with E-state index in [2.05, 4.69) is 4.98 Å². The molecule has 1 aromatic heterocycles. The van der Waals surface area contributed by atoms with Crippen molar-refractivity contribution in [3.05, 3.63) is 15.6 Å². The Labute approximate surface area is 90.4 Å². The van der Waals surface area contributed by atoms with Crippen molar-refractivity contribution < 1.29 is 19.8 Å².